The summed E-state index contributed by atoms with van der Waals surface area (Å²) in [4.78, 5) is 0. The molecule has 0 aliphatic rings. The number of nitrogens with one attached hydrogen (secondary N) is 1. The predicted octanol–water partition coefficient (Wildman–Crippen LogP) is 1.60. The van der Waals surface area contributed by atoms with Gasteiger partial charge in [-0.15, -0.1) is 0 Å². The Morgan fingerprint density at radius 2 is 2.25 bits per heavy atom. The van der Waals surface area contributed by atoms with E-state index in [-0.39, 0.29) is 0 Å². The number of hydrogen-bond donors (Lipinski definition) is 1. The Hall–Kier alpha value is -0.0400. The fourth-order valence-corrected chi connectivity index (χ4v) is 0.799. The highest BCUT2D eigenvalue weighted by molar-refractivity contribution is 4.61. The van der Waals surface area contributed by atoms with Crippen molar-refractivity contribution >= 4 is 0 Å². The van der Waals surface area contributed by atoms with Gasteiger partial charge in [0.25, 0.3) is 0 Å². The predicted molar refractivity (Wildman–Crippen MR) is 37.7 cm³/mol. The molecule has 0 amide bonds. The molecule has 0 aromatic carbocycles. The Morgan fingerprint density at radius 1 is 1.62 bits per heavy atom. The van der Waals surface area contributed by atoms with Crippen LogP contribution in [0.15, 0.2) is 0 Å². The minimum Gasteiger partial charge on any atom is -0.317 e. The molecular weight excluding hydrogens is 98.1 g/mol. The van der Waals surface area contributed by atoms with Crippen LogP contribution >= 0.6 is 0 Å². The Balaban J connectivity index is 3.07. The first-order valence-corrected chi connectivity index (χ1v) is 3.31. The molecule has 0 saturated carbocycles. The van der Waals surface area contributed by atoms with Gasteiger partial charge in [-0.2, -0.15) is 0 Å². The van der Waals surface area contributed by atoms with Crippen LogP contribution in [0.25, 0.3) is 0 Å². The monoisotopic (exact) mass is 114 g/mol. The molecule has 0 spiro atoms. The lowest BCUT2D eigenvalue weighted by molar-refractivity contribution is 0.512. The van der Waals surface area contributed by atoms with Crippen molar-refractivity contribution in [2.45, 2.75) is 32.2 Å². The van der Waals surface area contributed by atoms with Gasteiger partial charge in [-0.3, -0.25) is 0 Å². The third kappa shape index (κ3) is 3.03. The van der Waals surface area contributed by atoms with Gasteiger partial charge in [-0.1, -0.05) is 20.3 Å². The molecule has 0 aromatic heterocycles. The topological polar surface area (TPSA) is 12.0 Å². The van der Waals surface area contributed by atoms with Crippen molar-refractivity contribution in [3.63, 3.8) is 0 Å². The zero-order valence-corrected chi connectivity index (χ0v) is 5.91. The first kappa shape index (κ1) is 7.96. The van der Waals surface area contributed by atoms with E-state index in [4.69, 9.17) is 0 Å². The highest BCUT2D eigenvalue weighted by Gasteiger charge is 1.97. The molecule has 49 valence electrons. The number of rotatable bonds is 4. The molecule has 1 radical (unpaired) electrons. The largest absolute Gasteiger partial charge is 0.317 e. The van der Waals surface area contributed by atoms with Crippen molar-refractivity contribution in [1.29, 1.82) is 0 Å². The third-order valence-corrected chi connectivity index (χ3v) is 1.45. The summed E-state index contributed by atoms with van der Waals surface area (Å²) in [5.74, 6) is 0. The molecule has 0 aromatic rings. The first-order valence-electron chi connectivity index (χ1n) is 3.31. The summed E-state index contributed by atoms with van der Waals surface area (Å²) in [6, 6.07) is 0.687. The molecule has 0 heterocycles. The van der Waals surface area contributed by atoms with Gasteiger partial charge in [0, 0.05) is 6.04 Å². The van der Waals surface area contributed by atoms with E-state index in [0.717, 1.165) is 6.42 Å². The van der Waals surface area contributed by atoms with E-state index in [1.54, 1.807) is 0 Å². The zero-order valence-electron chi connectivity index (χ0n) is 5.91. The normalized spacial score (nSPS) is 13.9. The van der Waals surface area contributed by atoms with Crippen LogP contribution in [-0.4, -0.2) is 13.1 Å². The standard InChI is InChI=1S/C7H16N/c1-4-6-7(5-2)8-3/h7-8H,1,4-6H2,2-3H3. The first-order chi connectivity index (χ1) is 3.85. The Bertz CT molecular complexity index is 39.7. The molecule has 0 bridgehead atoms. The van der Waals surface area contributed by atoms with E-state index in [0.29, 0.717) is 6.04 Å². The maximum atomic E-state index is 3.78. The van der Waals surface area contributed by atoms with Gasteiger partial charge in [0.05, 0.1) is 0 Å². The van der Waals surface area contributed by atoms with Crippen LogP contribution in [0.2, 0.25) is 0 Å². The van der Waals surface area contributed by atoms with Crippen LogP contribution in [0.3, 0.4) is 0 Å². The molecule has 1 nitrogen and oxygen atoms in total. The van der Waals surface area contributed by atoms with Crippen LogP contribution in [0.1, 0.15) is 26.2 Å². The Labute approximate surface area is 52.5 Å². The van der Waals surface area contributed by atoms with Crippen LogP contribution < -0.4 is 5.32 Å². The fourth-order valence-electron chi connectivity index (χ4n) is 0.799. The summed E-state index contributed by atoms with van der Waals surface area (Å²) in [7, 11) is 2.00. The van der Waals surface area contributed by atoms with Crippen molar-refractivity contribution in [2.75, 3.05) is 7.05 Å². The maximum Gasteiger partial charge on any atom is 0.00614 e. The molecule has 1 unspecified atom stereocenters. The van der Waals surface area contributed by atoms with E-state index in [2.05, 4.69) is 19.2 Å². The van der Waals surface area contributed by atoms with Gasteiger partial charge in [0.2, 0.25) is 0 Å². The lowest BCUT2D eigenvalue weighted by atomic mass is 10.1. The molecule has 0 fully saturated rings. The summed E-state index contributed by atoms with van der Waals surface area (Å²) in [6.45, 7) is 5.97. The van der Waals surface area contributed by atoms with E-state index >= 15 is 0 Å². The van der Waals surface area contributed by atoms with Crippen molar-refractivity contribution in [1.82, 2.24) is 5.32 Å². The van der Waals surface area contributed by atoms with Crippen LogP contribution in [0.4, 0.5) is 0 Å². The van der Waals surface area contributed by atoms with Crippen molar-refractivity contribution < 1.29 is 0 Å². The maximum absolute atomic E-state index is 3.78. The summed E-state index contributed by atoms with van der Waals surface area (Å²) in [5.41, 5.74) is 0. The molecule has 0 aliphatic heterocycles. The molecule has 1 N–H and O–H groups in total. The summed E-state index contributed by atoms with van der Waals surface area (Å²) < 4.78 is 0. The lowest BCUT2D eigenvalue weighted by Gasteiger charge is -2.10. The van der Waals surface area contributed by atoms with Gasteiger partial charge < -0.3 is 5.32 Å². The average Bonchev–Trinajstić information content (AvgIpc) is 1.83. The van der Waals surface area contributed by atoms with E-state index in [1.807, 2.05) is 7.05 Å². The number of hydrogen-bond acceptors (Lipinski definition) is 1. The van der Waals surface area contributed by atoms with Gasteiger partial charge in [0.1, 0.15) is 0 Å². The van der Waals surface area contributed by atoms with Gasteiger partial charge in [-0.05, 0) is 19.9 Å². The average molecular weight is 114 g/mol. The van der Waals surface area contributed by atoms with Crippen LogP contribution in [0, 0.1) is 6.92 Å². The Morgan fingerprint density at radius 3 is 2.38 bits per heavy atom. The van der Waals surface area contributed by atoms with E-state index in [1.165, 1.54) is 12.8 Å². The van der Waals surface area contributed by atoms with E-state index < -0.39 is 0 Å². The SMILES string of the molecule is [CH2]CCC(CC)NC. The second kappa shape index (κ2) is 5.10. The van der Waals surface area contributed by atoms with Gasteiger partial charge in [-0.25, -0.2) is 0 Å². The minimum atomic E-state index is 0.687. The zero-order chi connectivity index (χ0) is 6.41. The van der Waals surface area contributed by atoms with E-state index in [9.17, 15) is 0 Å². The van der Waals surface area contributed by atoms with Crippen molar-refractivity contribution in [3.05, 3.63) is 6.92 Å². The highest BCUT2D eigenvalue weighted by Crippen LogP contribution is 1.98. The second-order valence-corrected chi connectivity index (χ2v) is 2.04. The molecule has 1 heteroatoms. The Kier molecular flexibility index (Phi) is 5.08. The van der Waals surface area contributed by atoms with Crippen LogP contribution in [0.5, 0.6) is 0 Å². The quantitative estimate of drug-likeness (QED) is 0.585. The van der Waals surface area contributed by atoms with Crippen molar-refractivity contribution in [2.24, 2.45) is 0 Å². The molecule has 8 heavy (non-hydrogen) atoms. The summed E-state index contributed by atoms with van der Waals surface area (Å²) in [5, 5.41) is 3.21. The fraction of sp³-hybridized carbons (Fsp3) is 0.857. The second-order valence-electron chi connectivity index (χ2n) is 2.04. The molecular formula is C7H16N. The van der Waals surface area contributed by atoms with Gasteiger partial charge >= 0.3 is 0 Å². The minimum absolute atomic E-state index is 0.687. The van der Waals surface area contributed by atoms with Crippen molar-refractivity contribution in [3.8, 4) is 0 Å². The smallest absolute Gasteiger partial charge is 0.00614 e. The molecule has 0 saturated heterocycles. The molecule has 0 rings (SSSR count). The summed E-state index contributed by atoms with van der Waals surface area (Å²) in [6.07, 6.45) is 3.46. The third-order valence-electron chi connectivity index (χ3n) is 1.45. The van der Waals surface area contributed by atoms with Gasteiger partial charge in [0.15, 0.2) is 0 Å². The van der Waals surface area contributed by atoms with Crippen LogP contribution in [-0.2, 0) is 0 Å². The molecule has 1 atom stereocenters. The molecule has 0 aliphatic carbocycles. The highest BCUT2D eigenvalue weighted by atomic mass is 14.9. The lowest BCUT2D eigenvalue weighted by Crippen LogP contribution is -2.23. The summed E-state index contributed by atoms with van der Waals surface area (Å²) >= 11 is 0.